The quantitative estimate of drug-likeness (QED) is 0.405. The maximum atomic E-state index is 13.3. The molecule has 4 amide bonds. The van der Waals surface area contributed by atoms with Crippen LogP contribution >= 0.6 is 11.6 Å². The summed E-state index contributed by atoms with van der Waals surface area (Å²) in [7, 11) is 0. The summed E-state index contributed by atoms with van der Waals surface area (Å²) >= 11 is 6.18. The van der Waals surface area contributed by atoms with Crippen molar-refractivity contribution in [3.63, 3.8) is 0 Å². The second-order valence-electron chi connectivity index (χ2n) is 8.26. The zero-order valence-electron chi connectivity index (χ0n) is 19.5. The highest BCUT2D eigenvalue weighted by Gasteiger charge is 2.38. The van der Waals surface area contributed by atoms with Crippen molar-refractivity contribution < 1.29 is 24.3 Å². The lowest BCUT2D eigenvalue weighted by atomic mass is 10.1. The van der Waals surface area contributed by atoms with E-state index in [-0.39, 0.29) is 16.8 Å². The Kier molecular flexibility index (Phi) is 6.08. The minimum absolute atomic E-state index is 0.183. The molecule has 2 heterocycles. The van der Waals surface area contributed by atoms with Gasteiger partial charge < -0.3 is 9.67 Å². The summed E-state index contributed by atoms with van der Waals surface area (Å²) in [5.74, 6) is -2.59. The number of rotatable bonds is 4. The Hall–Kier alpha value is -4.17. The number of aromatic carboxylic acids is 1. The van der Waals surface area contributed by atoms with Crippen LogP contribution in [-0.4, -0.2) is 33.5 Å². The zero-order valence-corrected chi connectivity index (χ0v) is 20.2. The Morgan fingerprint density at radius 3 is 2.31 bits per heavy atom. The summed E-state index contributed by atoms with van der Waals surface area (Å²) in [6.07, 6.45) is 1.44. The van der Waals surface area contributed by atoms with Crippen LogP contribution in [0.15, 0.2) is 48.0 Å². The van der Waals surface area contributed by atoms with Crippen molar-refractivity contribution in [1.29, 1.82) is 0 Å². The van der Waals surface area contributed by atoms with Gasteiger partial charge in [0.25, 0.3) is 11.8 Å². The molecular formula is C26H22ClN3O5. The molecule has 178 valence electrons. The first kappa shape index (κ1) is 24.0. The van der Waals surface area contributed by atoms with Gasteiger partial charge in [0.2, 0.25) is 0 Å². The van der Waals surface area contributed by atoms with E-state index in [9.17, 15) is 24.3 Å². The number of nitrogens with zero attached hydrogens (tertiary/aromatic N) is 2. The smallest absolute Gasteiger partial charge is 0.336 e. The standard InChI is InChI=1S/C26H22ClN3O5/c1-13-11-17(16(4)29(13)21-9-5-7-18(14(21)2)25(33)34)12-19-23(31)28-26(35)30(24(19)32)22-10-6-8-20(27)15(22)3/h5-12H,1-4H3,(H,33,34)(H,28,31,35)/b19-12+. The van der Waals surface area contributed by atoms with E-state index in [1.165, 1.54) is 12.1 Å². The zero-order chi connectivity index (χ0) is 25.6. The maximum Gasteiger partial charge on any atom is 0.336 e. The van der Waals surface area contributed by atoms with Crippen molar-refractivity contribution in [1.82, 2.24) is 9.88 Å². The van der Waals surface area contributed by atoms with Gasteiger partial charge in [0.1, 0.15) is 5.57 Å². The number of benzene rings is 2. The molecule has 0 aliphatic carbocycles. The van der Waals surface area contributed by atoms with Crippen LogP contribution in [0, 0.1) is 27.7 Å². The number of hydrogen-bond acceptors (Lipinski definition) is 4. The molecule has 1 aromatic heterocycles. The number of aryl methyl sites for hydroxylation is 1. The van der Waals surface area contributed by atoms with Crippen molar-refractivity contribution in [2.45, 2.75) is 27.7 Å². The highest BCUT2D eigenvalue weighted by Crippen LogP contribution is 2.31. The lowest BCUT2D eigenvalue weighted by Crippen LogP contribution is -2.54. The van der Waals surface area contributed by atoms with Crippen LogP contribution < -0.4 is 10.2 Å². The van der Waals surface area contributed by atoms with Crippen LogP contribution in [0.2, 0.25) is 5.02 Å². The molecule has 2 aromatic carbocycles. The molecule has 9 heteroatoms. The van der Waals surface area contributed by atoms with E-state index in [0.29, 0.717) is 33.1 Å². The van der Waals surface area contributed by atoms with Crippen molar-refractivity contribution in [2.75, 3.05) is 4.90 Å². The molecule has 2 N–H and O–H groups in total. The van der Waals surface area contributed by atoms with Gasteiger partial charge in [-0.3, -0.25) is 14.9 Å². The fourth-order valence-electron chi connectivity index (χ4n) is 4.27. The van der Waals surface area contributed by atoms with Gasteiger partial charge in [-0.05, 0) is 80.8 Å². The number of urea groups is 1. The van der Waals surface area contributed by atoms with Crippen LogP contribution in [0.25, 0.3) is 11.8 Å². The van der Waals surface area contributed by atoms with E-state index in [4.69, 9.17) is 11.6 Å². The maximum absolute atomic E-state index is 13.3. The number of carbonyl (C=O) groups is 4. The molecule has 1 saturated heterocycles. The average Bonchev–Trinajstić information content (AvgIpc) is 3.06. The van der Waals surface area contributed by atoms with Gasteiger partial charge in [-0.15, -0.1) is 0 Å². The van der Waals surface area contributed by atoms with Crippen LogP contribution in [0.4, 0.5) is 10.5 Å². The van der Waals surface area contributed by atoms with Crippen molar-refractivity contribution in [3.8, 4) is 5.69 Å². The molecule has 0 saturated carbocycles. The van der Waals surface area contributed by atoms with E-state index < -0.39 is 23.8 Å². The normalized spacial score (nSPS) is 15.1. The minimum atomic E-state index is -1.03. The number of aromatic nitrogens is 1. The summed E-state index contributed by atoms with van der Waals surface area (Å²) in [5.41, 5.74) is 4.10. The molecule has 8 nitrogen and oxygen atoms in total. The predicted octanol–water partition coefficient (Wildman–Crippen LogP) is 4.73. The van der Waals surface area contributed by atoms with Gasteiger partial charge in [0.05, 0.1) is 11.3 Å². The highest BCUT2D eigenvalue weighted by molar-refractivity contribution is 6.40. The molecule has 0 bridgehead atoms. The Balaban J connectivity index is 1.82. The number of anilines is 1. The molecule has 0 radical (unpaired) electrons. The fraction of sp³-hybridized carbons (Fsp3) is 0.154. The SMILES string of the molecule is Cc1c(Cl)cccc1N1C(=O)NC(=O)/C(=C\c2cc(C)n(-c3cccc(C(=O)O)c3C)c2C)C1=O. The minimum Gasteiger partial charge on any atom is -0.478 e. The molecule has 3 aromatic rings. The topological polar surface area (TPSA) is 109 Å². The summed E-state index contributed by atoms with van der Waals surface area (Å²) in [6.45, 7) is 7.06. The first-order valence-corrected chi connectivity index (χ1v) is 11.1. The summed E-state index contributed by atoms with van der Waals surface area (Å²) in [5, 5.41) is 12.1. The van der Waals surface area contributed by atoms with Gasteiger partial charge in [-0.2, -0.15) is 0 Å². The predicted molar refractivity (Wildman–Crippen MR) is 132 cm³/mol. The Morgan fingerprint density at radius 2 is 1.63 bits per heavy atom. The van der Waals surface area contributed by atoms with E-state index in [2.05, 4.69) is 5.32 Å². The van der Waals surface area contributed by atoms with E-state index in [1.807, 2.05) is 18.4 Å². The third-order valence-electron chi connectivity index (χ3n) is 6.13. The Morgan fingerprint density at radius 1 is 0.971 bits per heavy atom. The van der Waals surface area contributed by atoms with Crippen LogP contribution in [0.5, 0.6) is 0 Å². The number of carbonyl (C=O) groups excluding carboxylic acids is 3. The van der Waals surface area contributed by atoms with Gasteiger partial charge >= 0.3 is 12.0 Å². The van der Waals surface area contributed by atoms with Crippen molar-refractivity contribution >= 4 is 47.2 Å². The lowest BCUT2D eigenvalue weighted by molar-refractivity contribution is -0.122. The summed E-state index contributed by atoms with van der Waals surface area (Å²) < 4.78 is 1.86. The fourth-order valence-corrected chi connectivity index (χ4v) is 4.44. The number of nitrogens with one attached hydrogen (secondary N) is 1. The number of amides is 4. The largest absolute Gasteiger partial charge is 0.478 e. The van der Waals surface area contributed by atoms with E-state index >= 15 is 0 Å². The molecule has 1 aliphatic rings. The summed E-state index contributed by atoms with van der Waals surface area (Å²) in [4.78, 5) is 51.0. The number of hydrogen-bond donors (Lipinski definition) is 2. The molecule has 35 heavy (non-hydrogen) atoms. The molecule has 0 unspecified atom stereocenters. The van der Waals surface area contributed by atoms with E-state index in [1.54, 1.807) is 50.2 Å². The number of carboxylic acid groups (broad SMARTS) is 1. The molecule has 1 fully saturated rings. The van der Waals surface area contributed by atoms with Crippen molar-refractivity contribution in [2.24, 2.45) is 0 Å². The molecule has 4 rings (SSSR count). The van der Waals surface area contributed by atoms with Gasteiger partial charge in [-0.1, -0.05) is 23.7 Å². The number of halogens is 1. The molecule has 0 spiro atoms. The van der Waals surface area contributed by atoms with Crippen molar-refractivity contribution in [3.05, 3.63) is 86.7 Å². The third kappa shape index (κ3) is 4.02. The summed E-state index contributed by atoms with van der Waals surface area (Å²) in [6, 6.07) is 10.8. The molecular weight excluding hydrogens is 470 g/mol. The second-order valence-corrected chi connectivity index (χ2v) is 8.67. The van der Waals surface area contributed by atoms with Crippen LogP contribution in [0.1, 0.15) is 38.4 Å². The Labute approximate surface area is 206 Å². The van der Waals surface area contributed by atoms with E-state index in [0.717, 1.165) is 10.6 Å². The molecule has 0 atom stereocenters. The van der Waals surface area contributed by atoms with Gasteiger partial charge in [0, 0.05) is 22.1 Å². The second kappa shape index (κ2) is 8.88. The van der Waals surface area contributed by atoms with Gasteiger partial charge in [0.15, 0.2) is 0 Å². The lowest BCUT2D eigenvalue weighted by Gasteiger charge is -2.27. The van der Waals surface area contributed by atoms with Gasteiger partial charge in [-0.25, -0.2) is 14.5 Å². The number of carboxylic acids is 1. The van der Waals surface area contributed by atoms with Crippen LogP contribution in [-0.2, 0) is 9.59 Å². The first-order chi connectivity index (χ1) is 16.5. The number of imide groups is 2. The average molecular weight is 492 g/mol. The first-order valence-electron chi connectivity index (χ1n) is 10.7. The Bertz CT molecular complexity index is 1470. The van der Waals surface area contributed by atoms with Crippen LogP contribution in [0.3, 0.4) is 0 Å². The monoisotopic (exact) mass is 491 g/mol. The third-order valence-corrected chi connectivity index (χ3v) is 6.54. The number of barbiturate groups is 1. The molecule has 1 aliphatic heterocycles. The highest BCUT2D eigenvalue weighted by atomic mass is 35.5.